The topological polar surface area (TPSA) is 66.0 Å². The van der Waals surface area contributed by atoms with Crippen LogP contribution in [0.5, 0.6) is 0 Å². The highest BCUT2D eigenvalue weighted by molar-refractivity contribution is 5.85. The van der Waals surface area contributed by atoms with Crippen molar-refractivity contribution in [2.75, 3.05) is 39.3 Å². The smallest absolute Gasteiger partial charge is 0.244 e. The van der Waals surface area contributed by atoms with Gasteiger partial charge in [-0.1, -0.05) is 30.3 Å². The molecule has 0 bridgehead atoms. The molecule has 1 amide bonds. The summed E-state index contributed by atoms with van der Waals surface area (Å²) in [5.41, 5.74) is 1.16. The number of likely N-dealkylation sites (tertiary alicyclic amines) is 1. The lowest BCUT2D eigenvalue weighted by molar-refractivity contribution is -0.128. The Morgan fingerprint density at radius 1 is 1.21 bits per heavy atom. The Kier molecular flexibility index (Phi) is 8.10. The summed E-state index contributed by atoms with van der Waals surface area (Å²) < 4.78 is 5.63. The molecule has 132 valence electrons. The highest BCUT2D eigenvalue weighted by Crippen LogP contribution is 2.07. The molecule has 0 spiro atoms. The lowest BCUT2D eigenvalue weighted by Crippen LogP contribution is -2.40. The molecule has 1 aliphatic rings. The molecule has 0 radical (unpaired) electrons. The van der Waals surface area contributed by atoms with Gasteiger partial charge >= 0.3 is 0 Å². The lowest BCUT2D eigenvalue weighted by Gasteiger charge is -2.15. The van der Waals surface area contributed by atoms with Crippen molar-refractivity contribution in [2.24, 2.45) is 4.99 Å². The van der Waals surface area contributed by atoms with Crippen LogP contribution in [0.1, 0.15) is 25.3 Å². The van der Waals surface area contributed by atoms with Gasteiger partial charge in [-0.25, -0.2) is 4.99 Å². The van der Waals surface area contributed by atoms with Gasteiger partial charge in [0.1, 0.15) is 6.54 Å². The van der Waals surface area contributed by atoms with Crippen LogP contribution in [0.2, 0.25) is 0 Å². The summed E-state index contributed by atoms with van der Waals surface area (Å²) in [5.74, 6) is 0.762. The van der Waals surface area contributed by atoms with E-state index in [1.54, 1.807) is 0 Å². The number of aliphatic imine (C=N–C) groups is 1. The number of nitrogens with one attached hydrogen (secondary N) is 2. The number of guanidine groups is 1. The summed E-state index contributed by atoms with van der Waals surface area (Å²) in [5, 5.41) is 6.35. The zero-order valence-corrected chi connectivity index (χ0v) is 14.5. The number of amides is 1. The largest absolute Gasteiger partial charge is 0.375 e. The quantitative estimate of drug-likeness (QED) is 0.429. The molecule has 1 heterocycles. The molecule has 1 fully saturated rings. The van der Waals surface area contributed by atoms with E-state index in [1.165, 1.54) is 0 Å². The Balaban J connectivity index is 1.66. The van der Waals surface area contributed by atoms with Gasteiger partial charge in [0.25, 0.3) is 0 Å². The molecule has 1 saturated heterocycles. The van der Waals surface area contributed by atoms with Gasteiger partial charge in [-0.15, -0.1) is 0 Å². The minimum absolute atomic E-state index is 0.102. The van der Waals surface area contributed by atoms with Crippen molar-refractivity contribution in [2.45, 2.75) is 26.4 Å². The second-order valence-electron chi connectivity index (χ2n) is 5.75. The molecule has 6 heteroatoms. The molecular weight excluding hydrogens is 304 g/mol. The highest BCUT2D eigenvalue weighted by atomic mass is 16.5. The van der Waals surface area contributed by atoms with Crippen molar-refractivity contribution >= 4 is 11.9 Å². The van der Waals surface area contributed by atoms with Gasteiger partial charge in [0.15, 0.2) is 5.96 Å². The van der Waals surface area contributed by atoms with E-state index >= 15 is 0 Å². The first kappa shape index (κ1) is 18.3. The summed E-state index contributed by atoms with van der Waals surface area (Å²) in [6.45, 7) is 6.52. The highest BCUT2D eigenvalue weighted by Gasteiger charge is 2.17. The summed E-state index contributed by atoms with van der Waals surface area (Å²) in [7, 11) is 0. The van der Waals surface area contributed by atoms with Crippen LogP contribution >= 0.6 is 0 Å². The van der Waals surface area contributed by atoms with Gasteiger partial charge in [-0.3, -0.25) is 4.79 Å². The Labute approximate surface area is 144 Å². The predicted molar refractivity (Wildman–Crippen MR) is 95.9 cm³/mol. The average Bonchev–Trinajstić information content (AvgIpc) is 3.14. The van der Waals surface area contributed by atoms with E-state index in [1.807, 2.05) is 42.2 Å². The Morgan fingerprint density at radius 2 is 1.96 bits per heavy atom. The van der Waals surface area contributed by atoms with Crippen molar-refractivity contribution in [3.63, 3.8) is 0 Å². The normalized spacial score (nSPS) is 14.7. The van der Waals surface area contributed by atoms with Gasteiger partial charge in [-0.05, 0) is 25.3 Å². The summed E-state index contributed by atoms with van der Waals surface area (Å²) in [6.07, 6.45) is 2.21. The maximum atomic E-state index is 12.0. The molecule has 1 aliphatic heterocycles. The van der Waals surface area contributed by atoms with E-state index in [9.17, 15) is 4.79 Å². The second kappa shape index (κ2) is 10.6. The molecule has 24 heavy (non-hydrogen) atoms. The zero-order valence-electron chi connectivity index (χ0n) is 14.5. The lowest BCUT2D eigenvalue weighted by atomic mass is 10.2. The molecule has 0 atom stereocenters. The van der Waals surface area contributed by atoms with Gasteiger partial charge < -0.3 is 20.3 Å². The van der Waals surface area contributed by atoms with E-state index in [0.717, 1.165) is 38.0 Å². The molecular formula is C18H28N4O2. The number of carbonyl (C=O) groups excluding carboxylic acids is 1. The SMILES string of the molecule is CCNC(=NCC(=O)N1CCCC1)NCCOCc1ccccc1. The molecule has 0 aromatic heterocycles. The first-order valence-electron chi connectivity index (χ1n) is 8.71. The van der Waals surface area contributed by atoms with Crippen LogP contribution in [0.4, 0.5) is 0 Å². The molecule has 0 aliphatic carbocycles. The Morgan fingerprint density at radius 3 is 2.67 bits per heavy atom. The monoisotopic (exact) mass is 332 g/mol. The zero-order chi connectivity index (χ0) is 17.0. The number of rotatable bonds is 8. The number of nitrogens with zero attached hydrogens (tertiary/aromatic N) is 2. The minimum atomic E-state index is 0.102. The fourth-order valence-electron chi connectivity index (χ4n) is 2.56. The van der Waals surface area contributed by atoms with Crippen molar-refractivity contribution < 1.29 is 9.53 Å². The third-order valence-corrected chi connectivity index (χ3v) is 3.83. The average molecular weight is 332 g/mol. The molecule has 0 saturated carbocycles. The van der Waals surface area contributed by atoms with Crippen molar-refractivity contribution in [3.8, 4) is 0 Å². The van der Waals surface area contributed by atoms with Crippen LogP contribution < -0.4 is 10.6 Å². The first-order chi connectivity index (χ1) is 11.8. The predicted octanol–water partition coefficient (Wildman–Crippen LogP) is 1.38. The maximum absolute atomic E-state index is 12.0. The fourth-order valence-corrected chi connectivity index (χ4v) is 2.56. The molecule has 0 unspecified atom stereocenters. The van der Waals surface area contributed by atoms with Crippen LogP contribution in [0.15, 0.2) is 35.3 Å². The summed E-state index contributed by atoms with van der Waals surface area (Å²) in [4.78, 5) is 18.3. The van der Waals surface area contributed by atoms with E-state index in [2.05, 4.69) is 15.6 Å². The number of carbonyl (C=O) groups is 1. The van der Waals surface area contributed by atoms with Crippen molar-refractivity contribution in [1.29, 1.82) is 0 Å². The van der Waals surface area contributed by atoms with E-state index in [-0.39, 0.29) is 12.5 Å². The molecule has 2 rings (SSSR count). The van der Waals surface area contributed by atoms with Crippen LogP contribution in [0.3, 0.4) is 0 Å². The van der Waals surface area contributed by atoms with Crippen LogP contribution in [-0.4, -0.2) is 56.1 Å². The fraction of sp³-hybridized carbons (Fsp3) is 0.556. The number of ether oxygens (including phenoxy) is 1. The molecule has 2 N–H and O–H groups in total. The Hall–Kier alpha value is -2.08. The standard InChI is InChI=1S/C18H28N4O2/c1-2-19-18(21-14-17(23)22-11-6-7-12-22)20-10-13-24-15-16-8-4-3-5-9-16/h3-5,8-9H,2,6-7,10-15H2,1H3,(H2,19,20,21). The summed E-state index contributed by atoms with van der Waals surface area (Å²) in [6, 6.07) is 10.1. The number of hydrogen-bond donors (Lipinski definition) is 2. The third kappa shape index (κ3) is 6.58. The molecule has 6 nitrogen and oxygen atoms in total. The van der Waals surface area contributed by atoms with Gasteiger partial charge in [-0.2, -0.15) is 0 Å². The van der Waals surface area contributed by atoms with Crippen molar-refractivity contribution in [3.05, 3.63) is 35.9 Å². The van der Waals surface area contributed by atoms with E-state index < -0.39 is 0 Å². The van der Waals surface area contributed by atoms with E-state index in [0.29, 0.717) is 25.7 Å². The van der Waals surface area contributed by atoms with Gasteiger partial charge in [0.2, 0.25) is 5.91 Å². The van der Waals surface area contributed by atoms with Crippen LogP contribution in [0, 0.1) is 0 Å². The summed E-state index contributed by atoms with van der Waals surface area (Å²) >= 11 is 0. The molecule has 1 aromatic rings. The van der Waals surface area contributed by atoms with Crippen LogP contribution in [-0.2, 0) is 16.1 Å². The minimum Gasteiger partial charge on any atom is -0.375 e. The van der Waals surface area contributed by atoms with Gasteiger partial charge in [0, 0.05) is 26.2 Å². The van der Waals surface area contributed by atoms with E-state index in [4.69, 9.17) is 4.74 Å². The van der Waals surface area contributed by atoms with Gasteiger partial charge in [0.05, 0.1) is 13.2 Å². The first-order valence-corrected chi connectivity index (χ1v) is 8.71. The van der Waals surface area contributed by atoms with Crippen molar-refractivity contribution in [1.82, 2.24) is 15.5 Å². The third-order valence-electron chi connectivity index (χ3n) is 3.83. The number of hydrogen-bond acceptors (Lipinski definition) is 3. The second-order valence-corrected chi connectivity index (χ2v) is 5.75. The molecule has 1 aromatic carbocycles. The number of benzene rings is 1. The van der Waals surface area contributed by atoms with Crippen LogP contribution in [0.25, 0.3) is 0 Å². The Bertz CT molecular complexity index is 513. The maximum Gasteiger partial charge on any atom is 0.244 e.